The van der Waals surface area contributed by atoms with E-state index in [-0.39, 0.29) is 11.9 Å². The van der Waals surface area contributed by atoms with E-state index in [9.17, 15) is 4.79 Å². The molecule has 5 heteroatoms. The monoisotopic (exact) mass is 257 g/mol. The Bertz CT molecular complexity index is 242. The second kappa shape index (κ2) is 8.45. The van der Waals surface area contributed by atoms with Crippen molar-refractivity contribution in [2.45, 2.75) is 39.3 Å². The molecular weight excluding hydrogens is 230 g/mol. The quantitative estimate of drug-likeness (QED) is 0.685. The maximum absolute atomic E-state index is 11.7. The highest BCUT2D eigenvalue weighted by molar-refractivity contribution is 5.78. The van der Waals surface area contributed by atoms with Crippen LogP contribution in [-0.2, 0) is 9.53 Å². The smallest absolute Gasteiger partial charge is 0.234 e. The van der Waals surface area contributed by atoms with Crippen LogP contribution in [0, 0.1) is 0 Å². The molecule has 1 heterocycles. The predicted molar refractivity (Wildman–Crippen MR) is 72.6 cm³/mol. The summed E-state index contributed by atoms with van der Waals surface area (Å²) in [6.07, 6.45) is 1.04. The first-order valence-corrected chi connectivity index (χ1v) is 6.94. The van der Waals surface area contributed by atoms with Crippen molar-refractivity contribution >= 4 is 5.91 Å². The van der Waals surface area contributed by atoms with Crippen LogP contribution >= 0.6 is 0 Å². The van der Waals surface area contributed by atoms with Gasteiger partial charge in [-0.1, -0.05) is 6.92 Å². The average Bonchev–Trinajstić information content (AvgIpc) is 2.37. The second-order valence-electron chi connectivity index (χ2n) is 5.07. The van der Waals surface area contributed by atoms with Crippen molar-refractivity contribution in [1.82, 2.24) is 15.5 Å². The number of rotatable bonds is 7. The van der Waals surface area contributed by atoms with Gasteiger partial charge in [-0.05, 0) is 20.3 Å². The Morgan fingerprint density at radius 3 is 2.56 bits per heavy atom. The molecule has 0 spiro atoms. The maximum Gasteiger partial charge on any atom is 0.234 e. The lowest BCUT2D eigenvalue weighted by Gasteiger charge is -2.29. The lowest BCUT2D eigenvalue weighted by atomic mass is 10.2. The van der Waals surface area contributed by atoms with Gasteiger partial charge in [0.2, 0.25) is 5.91 Å². The van der Waals surface area contributed by atoms with E-state index in [0.717, 1.165) is 39.3 Å². The lowest BCUT2D eigenvalue weighted by Crippen LogP contribution is -2.48. The van der Waals surface area contributed by atoms with Crippen LogP contribution in [0.1, 0.15) is 27.2 Å². The molecule has 1 fully saturated rings. The minimum atomic E-state index is 0.0797. The van der Waals surface area contributed by atoms with Crippen molar-refractivity contribution in [2.24, 2.45) is 0 Å². The normalized spacial score (nSPS) is 20.4. The Kier molecular flexibility index (Phi) is 7.23. The number of nitrogens with one attached hydrogen (secondary N) is 2. The molecule has 1 aliphatic rings. The fourth-order valence-electron chi connectivity index (χ4n) is 1.95. The van der Waals surface area contributed by atoms with Gasteiger partial charge >= 0.3 is 0 Å². The molecule has 0 saturated carbocycles. The Morgan fingerprint density at radius 2 is 1.94 bits per heavy atom. The van der Waals surface area contributed by atoms with Gasteiger partial charge in [-0.15, -0.1) is 0 Å². The van der Waals surface area contributed by atoms with E-state index in [4.69, 9.17) is 4.74 Å². The Hall–Kier alpha value is -0.650. The number of carbonyl (C=O) groups is 1. The number of morpholine rings is 1. The number of amides is 1. The van der Waals surface area contributed by atoms with E-state index >= 15 is 0 Å². The minimum Gasteiger partial charge on any atom is -0.379 e. The van der Waals surface area contributed by atoms with Crippen LogP contribution in [0.5, 0.6) is 0 Å². The van der Waals surface area contributed by atoms with Gasteiger partial charge in [-0.25, -0.2) is 0 Å². The van der Waals surface area contributed by atoms with Gasteiger partial charge in [0.25, 0.3) is 0 Å². The van der Waals surface area contributed by atoms with Crippen LogP contribution in [0.25, 0.3) is 0 Å². The first kappa shape index (κ1) is 15.4. The zero-order valence-electron chi connectivity index (χ0n) is 11.9. The van der Waals surface area contributed by atoms with Gasteiger partial charge in [0, 0.05) is 31.7 Å². The van der Waals surface area contributed by atoms with E-state index in [2.05, 4.69) is 36.3 Å². The first-order chi connectivity index (χ1) is 8.61. The van der Waals surface area contributed by atoms with E-state index in [0.29, 0.717) is 12.6 Å². The van der Waals surface area contributed by atoms with Gasteiger partial charge in [0.05, 0.1) is 19.8 Å². The summed E-state index contributed by atoms with van der Waals surface area (Å²) in [4.78, 5) is 14.0. The van der Waals surface area contributed by atoms with E-state index in [1.54, 1.807) is 0 Å². The topological polar surface area (TPSA) is 53.6 Å². The van der Waals surface area contributed by atoms with Crippen LogP contribution in [0.2, 0.25) is 0 Å². The summed E-state index contributed by atoms with van der Waals surface area (Å²) in [5.74, 6) is 0.0797. The molecule has 1 saturated heterocycles. The number of hydrogen-bond acceptors (Lipinski definition) is 4. The van der Waals surface area contributed by atoms with Crippen molar-refractivity contribution in [3.8, 4) is 0 Å². The number of ether oxygens (including phenoxy) is 1. The summed E-state index contributed by atoms with van der Waals surface area (Å²) in [6.45, 7) is 11.1. The van der Waals surface area contributed by atoms with Crippen molar-refractivity contribution in [3.05, 3.63) is 0 Å². The largest absolute Gasteiger partial charge is 0.379 e. The first-order valence-electron chi connectivity index (χ1n) is 6.94. The third-order valence-corrected chi connectivity index (χ3v) is 3.27. The molecule has 2 atom stereocenters. The number of hydrogen-bond donors (Lipinski definition) is 2. The van der Waals surface area contributed by atoms with Crippen LogP contribution in [0.3, 0.4) is 0 Å². The summed E-state index contributed by atoms with van der Waals surface area (Å²) in [7, 11) is 0. The fraction of sp³-hybridized carbons (Fsp3) is 0.923. The zero-order valence-corrected chi connectivity index (χ0v) is 11.9. The molecule has 0 aromatic carbocycles. The summed E-state index contributed by atoms with van der Waals surface area (Å²) in [6, 6.07) is 0.583. The third-order valence-electron chi connectivity index (χ3n) is 3.27. The van der Waals surface area contributed by atoms with Crippen molar-refractivity contribution in [3.63, 3.8) is 0 Å². The molecule has 0 aromatic heterocycles. The number of carbonyl (C=O) groups excluding carboxylic acids is 1. The van der Waals surface area contributed by atoms with Gasteiger partial charge in [0.1, 0.15) is 0 Å². The highest BCUT2D eigenvalue weighted by Crippen LogP contribution is 1.98. The molecule has 0 bridgehead atoms. The van der Waals surface area contributed by atoms with Crippen LogP contribution < -0.4 is 10.6 Å². The Morgan fingerprint density at radius 1 is 1.28 bits per heavy atom. The highest BCUT2D eigenvalue weighted by Gasteiger charge is 2.15. The molecule has 1 aliphatic heterocycles. The van der Waals surface area contributed by atoms with Crippen molar-refractivity contribution < 1.29 is 9.53 Å². The summed E-state index contributed by atoms with van der Waals surface area (Å²) in [5.41, 5.74) is 0. The Labute approximate surface area is 110 Å². The molecule has 2 unspecified atom stereocenters. The molecule has 18 heavy (non-hydrogen) atoms. The van der Waals surface area contributed by atoms with Gasteiger partial charge in [-0.2, -0.15) is 0 Å². The van der Waals surface area contributed by atoms with Crippen molar-refractivity contribution in [1.29, 1.82) is 0 Å². The van der Waals surface area contributed by atoms with E-state index < -0.39 is 0 Å². The molecular formula is C13H27N3O2. The van der Waals surface area contributed by atoms with Crippen molar-refractivity contribution in [2.75, 3.05) is 39.4 Å². The van der Waals surface area contributed by atoms with Crippen LogP contribution in [0.15, 0.2) is 0 Å². The molecule has 0 radical (unpaired) electrons. The van der Waals surface area contributed by atoms with E-state index in [1.165, 1.54) is 0 Å². The second-order valence-corrected chi connectivity index (χ2v) is 5.07. The van der Waals surface area contributed by atoms with Gasteiger partial charge < -0.3 is 15.4 Å². The molecule has 106 valence electrons. The van der Waals surface area contributed by atoms with Gasteiger partial charge in [0.15, 0.2) is 0 Å². The summed E-state index contributed by atoms with van der Waals surface area (Å²) in [5, 5.41) is 6.22. The fourth-order valence-corrected chi connectivity index (χ4v) is 1.95. The molecule has 5 nitrogen and oxygen atoms in total. The zero-order chi connectivity index (χ0) is 13.4. The SMILES string of the molecule is CCC(C)NCC(=O)NC(C)CN1CCOCC1. The molecule has 0 aliphatic carbocycles. The molecule has 2 N–H and O–H groups in total. The standard InChI is InChI=1S/C13H27N3O2/c1-4-11(2)14-9-13(17)15-12(3)10-16-5-7-18-8-6-16/h11-12,14H,4-10H2,1-3H3,(H,15,17). The van der Waals surface area contributed by atoms with Crippen LogP contribution in [-0.4, -0.2) is 62.3 Å². The van der Waals surface area contributed by atoms with Gasteiger partial charge in [-0.3, -0.25) is 9.69 Å². The minimum absolute atomic E-state index is 0.0797. The molecule has 1 rings (SSSR count). The summed E-state index contributed by atoms with van der Waals surface area (Å²) >= 11 is 0. The molecule has 1 amide bonds. The number of nitrogens with zero attached hydrogens (tertiary/aromatic N) is 1. The average molecular weight is 257 g/mol. The maximum atomic E-state index is 11.7. The Balaban J connectivity index is 2.14. The lowest BCUT2D eigenvalue weighted by molar-refractivity contribution is -0.121. The van der Waals surface area contributed by atoms with Crippen LogP contribution in [0.4, 0.5) is 0 Å². The highest BCUT2D eigenvalue weighted by atomic mass is 16.5. The predicted octanol–water partition coefficient (Wildman–Crippen LogP) is 0.211. The third kappa shape index (κ3) is 6.33. The molecule has 0 aromatic rings. The summed E-state index contributed by atoms with van der Waals surface area (Å²) < 4.78 is 5.30. The van der Waals surface area contributed by atoms with E-state index in [1.807, 2.05) is 0 Å².